The molecule has 2 N–H and O–H groups in total. The fourth-order valence-corrected chi connectivity index (χ4v) is 3.93. The van der Waals surface area contributed by atoms with Crippen molar-refractivity contribution in [3.05, 3.63) is 52.6 Å². The van der Waals surface area contributed by atoms with Gasteiger partial charge in [0.05, 0.1) is 5.39 Å². The van der Waals surface area contributed by atoms with E-state index in [4.69, 9.17) is 11.6 Å². The molecule has 0 atom stereocenters. The second-order valence-electron chi connectivity index (χ2n) is 5.43. The standard InChI is InChI=1S/C18H14ClN3OS/c1-2-10-9-13-16(21-18(19)22-17(13)24-10)20-14-7-3-6-12-11(14)5-4-8-15(12)23/h3-9,23H,2H2,1H3,(H,20,21,22). The first-order chi connectivity index (χ1) is 11.7. The monoisotopic (exact) mass is 355 g/mol. The Balaban J connectivity index is 1.88. The fourth-order valence-electron chi connectivity index (χ4n) is 2.74. The summed E-state index contributed by atoms with van der Waals surface area (Å²) in [6, 6.07) is 13.3. The molecule has 0 amide bonds. The van der Waals surface area contributed by atoms with E-state index >= 15 is 0 Å². The van der Waals surface area contributed by atoms with Crippen LogP contribution in [0.5, 0.6) is 5.75 Å². The minimum atomic E-state index is 0.220. The average molecular weight is 356 g/mol. The number of nitrogens with one attached hydrogen (secondary N) is 1. The van der Waals surface area contributed by atoms with Gasteiger partial charge in [0, 0.05) is 21.3 Å². The maximum Gasteiger partial charge on any atom is 0.225 e. The van der Waals surface area contributed by atoms with Crippen LogP contribution in [0.4, 0.5) is 11.5 Å². The quantitative estimate of drug-likeness (QED) is 0.476. The largest absolute Gasteiger partial charge is 0.507 e. The van der Waals surface area contributed by atoms with E-state index in [1.165, 1.54) is 4.88 Å². The van der Waals surface area contributed by atoms with Gasteiger partial charge in [-0.3, -0.25) is 0 Å². The van der Waals surface area contributed by atoms with E-state index in [-0.39, 0.29) is 11.0 Å². The lowest BCUT2D eigenvalue weighted by atomic mass is 10.1. The highest BCUT2D eigenvalue weighted by atomic mass is 35.5. The Labute approximate surface area is 147 Å². The van der Waals surface area contributed by atoms with Gasteiger partial charge >= 0.3 is 0 Å². The molecule has 0 unspecified atom stereocenters. The van der Waals surface area contributed by atoms with Crippen LogP contribution < -0.4 is 5.32 Å². The molecule has 0 fully saturated rings. The predicted molar refractivity (Wildman–Crippen MR) is 101 cm³/mol. The molecular weight excluding hydrogens is 342 g/mol. The zero-order valence-corrected chi connectivity index (χ0v) is 14.4. The van der Waals surface area contributed by atoms with Gasteiger partial charge in [0.15, 0.2) is 0 Å². The number of hydrogen-bond donors (Lipinski definition) is 2. The third kappa shape index (κ3) is 2.56. The summed E-state index contributed by atoms with van der Waals surface area (Å²) < 4.78 is 0. The molecule has 4 nitrogen and oxygen atoms in total. The molecule has 0 aliphatic rings. The van der Waals surface area contributed by atoms with Crippen molar-refractivity contribution in [3.8, 4) is 5.75 Å². The molecule has 0 radical (unpaired) electrons. The van der Waals surface area contributed by atoms with Crippen LogP contribution in [0, 0.1) is 0 Å². The molecule has 4 aromatic rings. The molecule has 2 heterocycles. The summed E-state index contributed by atoms with van der Waals surface area (Å²) in [5, 5.41) is 16.3. The maximum atomic E-state index is 10.0. The Hall–Kier alpha value is -2.37. The molecule has 0 spiro atoms. The normalized spacial score (nSPS) is 11.2. The molecule has 0 bridgehead atoms. The third-order valence-electron chi connectivity index (χ3n) is 3.92. The van der Waals surface area contributed by atoms with Crippen molar-refractivity contribution < 1.29 is 5.11 Å². The van der Waals surface area contributed by atoms with Crippen LogP contribution in [0.1, 0.15) is 11.8 Å². The van der Waals surface area contributed by atoms with E-state index < -0.39 is 0 Å². The van der Waals surface area contributed by atoms with E-state index in [2.05, 4.69) is 28.3 Å². The van der Waals surface area contributed by atoms with Crippen LogP contribution in [-0.4, -0.2) is 15.1 Å². The first kappa shape index (κ1) is 15.2. The van der Waals surface area contributed by atoms with E-state index in [1.54, 1.807) is 17.4 Å². The minimum Gasteiger partial charge on any atom is -0.507 e. The summed E-state index contributed by atoms with van der Waals surface area (Å²) in [6.07, 6.45) is 0.945. The molecule has 0 saturated carbocycles. The van der Waals surface area contributed by atoms with Gasteiger partial charge in [-0.15, -0.1) is 11.3 Å². The molecule has 0 aliphatic heterocycles. The zero-order valence-electron chi connectivity index (χ0n) is 12.9. The number of aromatic hydroxyl groups is 1. The minimum absolute atomic E-state index is 0.220. The van der Waals surface area contributed by atoms with Crippen molar-refractivity contribution in [1.29, 1.82) is 0 Å². The smallest absolute Gasteiger partial charge is 0.225 e. The Morgan fingerprint density at radius 3 is 2.71 bits per heavy atom. The van der Waals surface area contributed by atoms with Crippen LogP contribution in [0.15, 0.2) is 42.5 Å². The number of phenols is 1. The third-order valence-corrected chi connectivity index (χ3v) is 5.26. The Bertz CT molecular complexity index is 1060. The highest BCUT2D eigenvalue weighted by Gasteiger charge is 2.12. The van der Waals surface area contributed by atoms with Crippen molar-refractivity contribution in [2.45, 2.75) is 13.3 Å². The molecule has 2 aromatic heterocycles. The number of aryl methyl sites for hydroxylation is 1. The van der Waals surface area contributed by atoms with Gasteiger partial charge in [-0.1, -0.05) is 31.2 Å². The first-order valence-corrected chi connectivity index (χ1v) is 8.79. The molecule has 120 valence electrons. The van der Waals surface area contributed by atoms with Crippen molar-refractivity contribution in [2.75, 3.05) is 5.32 Å². The predicted octanol–water partition coefficient (Wildman–Crippen LogP) is 5.51. The number of nitrogens with zero attached hydrogens (tertiary/aromatic N) is 2. The topological polar surface area (TPSA) is 58.0 Å². The van der Waals surface area contributed by atoms with E-state index in [0.29, 0.717) is 5.82 Å². The summed E-state index contributed by atoms with van der Waals surface area (Å²) >= 11 is 7.72. The summed E-state index contributed by atoms with van der Waals surface area (Å²) in [5.41, 5.74) is 0.865. The van der Waals surface area contributed by atoms with E-state index in [1.807, 2.05) is 30.3 Å². The average Bonchev–Trinajstić information content (AvgIpc) is 2.99. The zero-order chi connectivity index (χ0) is 16.7. The molecule has 6 heteroatoms. The van der Waals surface area contributed by atoms with E-state index in [0.717, 1.165) is 33.1 Å². The maximum absolute atomic E-state index is 10.0. The molecule has 4 rings (SSSR count). The summed E-state index contributed by atoms with van der Waals surface area (Å²) in [6.45, 7) is 2.11. The number of rotatable bonds is 3. The second-order valence-corrected chi connectivity index (χ2v) is 6.88. The van der Waals surface area contributed by atoms with Crippen molar-refractivity contribution in [2.24, 2.45) is 0 Å². The first-order valence-electron chi connectivity index (χ1n) is 7.59. The molecular formula is C18H14ClN3OS. The van der Waals surface area contributed by atoms with Crippen LogP contribution in [0.2, 0.25) is 5.28 Å². The lowest BCUT2D eigenvalue weighted by Gasteiger charge is -2.11. The number of thiophene rings is 1. The Morgan fingerprint density at radius 2 is 1.88 bits per heavy atom. The fraction of sp³-hybridized carbons (Fsp3) is 0.111. The molecule has 0 aliphatic carbocycles. The van der Waals surface area contributed by atoms with Crippen molar-refractivity contribution in [1.82, 2.24) is 9.97 Å². The van der Waals surface area contributed by atoms with Gasteiger partial charge < -0.3 is 10.4 Å². The van der Waals surface area contributed by atoms with Crippen molar-refractivity contribution in [3.63, 3.8) is 0 Å². The number of phenolic OH excluding ortho intramolecular Hbond substituents is 1. The number of benzene rings is 2. The SMILES string of the molecule is CCc1cc2c(Nc3cccc4c(O)cccc34)nc(Cl)nc2s1. The molecule has 2 aromatic carbocycles. The number of halogens is 1. The summed E-state index contributed by atoms with van der Waals surface area (Å²) in [7, 11) is 0. The Kier molecular flexibility index (Phi) is 3.75. The second kappa shape index (κ2) is 5.92. The van der Waals surface area contributed by atoms with Crippen LogP contribution >= 0.6 is 22.9 Å². The molecule has 0 saturated heterocycles. The number of fused-ring (bicyclic) bond motifs is 2. The van der Waals surface area contributed by atoms with Gasteiger partial charge in [0.1, 0.15) is 16.4 Å². The Morgan fingerprint density at radius 1 is 1.08 bits per heavy atom. The highest BCUT2D eigenvalue weighted by molar-refractivity contribution is 7.18. The number of aromatic nitrogens is 2. The van der Waals surface area contributed by atoms with Gasteiger partial charge in [-0.2, -0.15) is 4.98 Å². The van der Waals surface area contributed by atoms with Crippen LogP contribution in [0.25, 0.3) is 21.0 Å². The highest BCUT2D eigenvalue weighted by Crippen LogP contribution is 2.35. The lowest BCUT2D eigenvalue weighted by Crippen LogP contribution is -1.96. The van der Waals surface area contributed by atoms with Gasteiger partial charge in [0.2, 0.25) is 5.28 Å². The summed E-state index contributed by atoms with van der Waals surface area (Å²) in [5.74, 6) is 0.933. The lowest BCUT2D eigenvalue weighted by molar-refractivity contribution is 0.481. The number of hydrogen-bond acceptors (Lipinski definition) is 5. The van der Waals surface area contributed by atoms with Gasteiger partial charge in [-0.05, 0) is 36.2 Å². The van der Waals surface area contributed by atoms with Gasteiger partial charge in [0.25, 0.3) is 0 Å². The number of anilines is 2. The van der Waals surface area contributed by atoms with Gasteiger partial charge in [-0.25, -0.2) is 4.98 Å². The summed E-state index contributed by atoms with van der Waals surface area (Å²) in [4.78, 5) is 10.8. The molecule has 24 heavy (non-hydrogen) atoms. The van der Waals surface area contributed by atoms with Crippen molar-refractivity contribution >= 4 is 55.4 Å². The van der Waals surface area contributed by atoms with E-state index in [9.17, 15) is 5.11 Å². The van der Waals surface area contributed by atoms with Crippen LogP contribution in [0.3, 0.4) is 0 Å². The van der Waals surface area contributed by atoms with Crippen LogP contribution in [-0.2, 0) is 6.42 Å².